The van der Waals surface area contributed by atoms with Gasteiger partial charge in [0.2, 0.25) is 0 Å². The second-order valence-corrected chi connectivity index (χ2v) is 4.25. The fourth-order valence-electron chi connectivity index (χ4n) is 0.665. The van der Waals surface area contributed by atoms with Crippen molar-refractivity contribution in [3.8, 4) is 0 Å². The van der Waals surface area contributed by atoms with Gasteiger partial charge >= 0.3 is 0 Å². The Bertz CT molecular complexity index is 176. The Morgan fingerprint density at radius 1 is 1.33 bits per heavy atom. The average Bonchev–Trinajstić information content (AvgIpc) is 1.96. The molecule has 0 fully saturated rings. The number of nitrogens with one attached hydrogen (secondary N) is 1. The number of thioether (sulfide) groups is 1. The molecule has 0 aromatic carbocycles. The third kappa shape index (κ3) is 5.30. The minimum Gasteiger partial charge on any atom is -0.393 e. The van der Waals surface area contributed by atoms with E-state index in [9.17, 15) is 0 Å². The van der Waals surface area contributed by atoms with E-state index < -0.39 is 0 Å². The van der Waals surface area contributed by atoms with Crippen LogP contribution in [0.25, 0.3) is 0 Å². The molecule has 70 valence electrons. The molecule has 0 atom stereocenters. The summed E-state index contributed by atoms with van der Waals surface area (Å²) >= 11 is 1.80. The van der Waals surface area contributed by atoms with Gasteiger partial charge in [-0.1, -0.05) is 19.4 Å². The second-order valence-electron chi connectivity index (χ2n) is 3.30. The lowest BCUT2D eigenvalue weighted by atomic mass is 10.2. The summed E-state index contributed by atoms with van der Waals surface area (Å²) in [6.45, 7) is 8.64. The summed E-state index contributed by atoms with van der Waals surface area (Å²) in [5, 5.41) is 5.24. The summed E-state index contributed by atoms with van der Waals surface area (Å²) in [4.78, 5) is 1.37. The molecular weight excluding hydrogens is 166 g/mol. The molecule has 0 aliphatic heterocycles. The highest BCUT2D eigenvalue weighted by Gasteiger charge is 2.00. The summed E-state index contributed by atoms with van der Waals surface area (Å²) in [5.74, 6) is 0.595. The van der Waals surface area contributed by atoms with Crippen LogP contribution in [0.2, 0.25) is 0 Å². The van der Waals surface area contributed by atoms with Crippen LogP contribution in [0.3, 0.4) is 0 Å². The van der Waals surface area contributed by atoms with Gasteiger partial charge in [-0.3, -0.25) is 0 Å². The molecule has 12 heavy (non-hydrogen) atoms. The summed E-state index contributed by atoms with van der Waals surface area (Å²) in [7, 11) is 1.94. The molecule has 0 bridgehead atoms. The molecule has 0 unspecified atom stereocenters. The van der Waals surface area contributed by atoms with Gasteiger partial charge in [-0.25, -0.2) is 0 Å². The maximum absolute atomic E-state index is 3.06. The minimum absolute atomic E-state index is 0.595. The lowest BCUT2D eigenvalue weighted by Crippen LogP contribution is -1.98. The van der Waals surface area contributed by atoms with Gasteiger partial charge < -0.3 is 5.32 Å². The molecule has 0 saturated heterocycles. The Morgan fingerprint density at radius 3 is 2.25 bits per heavy atom. The third-order valence-corrected chi connectivity index (χ3v) is 2.74. The van der Waals surface area contributed by atoms with Gasteiger partial charge in [-0.2, -0.15) is 0 Å². The van der Waals surface area contributed by atoms with Crippen LogP contribution in [-0.4, -0.2) is 7.05 Å². The first-order valence-electron chi connectivity index (χ1n) is 4.25. The lowest BCUT2D eigenvalue weighted by Gasteiger charge is -2.07. The fourth-order valence-corrected chi connectivity index (χ4v) is 1.49. The molecule has 0 aromatic heterocycles. The molecule has 0 aromatic rings. The van der Waals surface area contributed by atoms with Crippen molar-refractivity contribution < 1.29 is 0 Å². The van der Waals surface area contributed by atoms with Crippen molar-refractivity contribution in [2.45, 2.75) is 27.7 Å². The van der Waals surface area contributed by atoms with Crippen LogP contribution in [0.4, 0.5) is 0 Å². The van der Waals surface area contributed by atoms with Gasteiger partial charge in [-0.15, -0.1) is 11.8 Å². The number of rotatable bonds is 4. The molecule has 1 nitrogen and oxygen atoms in total. The first kappa shape index (κ1) is 11.6. The van der Waals surface area contributed by atoms with Crippen LogP contribution in [0.1, 0.15) is 27.7 Å². The van der Waals surface area contributed by atoms with Crippen molar-refractivity contribution in [1.29, 1.82) is 0 Å². The van der Waals surface area contributed by atoms with Crippen molar-refractivity contribution in [3.05, 3.63) is 22.1 Å². The molecule has 0 rings (SSSR count). The van der Waals surface area contributed by atoms with Gasteiger partial charge in [0.05, 0.1) is 0 Å². The van der Waals surface area contributed by atoms with Crippen LogP contribution < -0.4 is 5.32 Å². The zero-order chi connectivity index (χ0) is 9.56. The molecule has 0 spiro atoms. The predicted molar refractivity (Wildman–Crippen MR) is 59.0 cm³/mol. The maximum Gasteiger partial charge on any atom is 0.00736 e. The van der Waals surface area contributed by atoms with Crippen molar-refractivity contribution in [2.24, 2.45) is 5.92 Å². The van der Waals surface area contributed by atoms with E-state index >= 15 is 0 Å². The van der Waals surface area contributed by atoms with Gasteiger partial charge in [0.15, 0.2) is 0 Å². The summed E-state index contributed by atoms with van der Waals surface area (Å²) in [6.07, 6.45) is 2.06. The number of hydrogen-bond acceptors (Lipinski definition) is 2. The Hall–Kier alpha value is -0.370. The smallest absolute Gasteiger partial charge is 0.00736 e. The number of allylic oxidation sites excluding steroid dienone is 2. The SMILES string of the molecule is CN/C=C(\SC=C(C)C)C(C)C. The highest BCUT2D eigenvalue weighted by Crippen LogP contribution is 2.25. The van der Waals surface area contributed by atoms with Crippen LogP contribution in [0.5, 0.6) is 0 Å². The highest BCUT2D eigenvalue weighted by atomic mass is 32.2. The molecule has 0 aliphatic rings. The van der Waals surface area contributed by atoms with Crippen molar-refractivity contribution >= 4 is 11.8 Å². The fraction of sp³-hybridized carbons (Fsp3) is 0.600. The Labute approximate surface area is 80.3 Å². The lowest BCUT2D eigenvalue weighted by molar-refractivity contribution is 0.806. The van der Waals surface area contributed by atoms with Gasteiger partial charge in [0.1, 0.15) is 0 Å². The molecule has 0 aliphatic carbocycles. The summed E-state index contributed by atoms with van der Waals surface area (Å²) < 4.78 is 0. The highest BCUT2D eigenvalue weighted by molar-refractivity contribution is 8.05. The normalized spacial score (nSPS) is 11.7. The van der Waals surface area contributed by atoms with E-state index in [4.69, 9.17) is 0 Å². The van der Waals surface area contributed by atoms with Crippen LogP contribution in [-0.2, 0) is 0 Å². The standard InChI is InChI=1S/C10H19NS/c1-8(2)7-12-10(6-11-5)9(3)4/h6-7,9,11H,1-5H3/b10-6-. The van der Waals surface area contributed by atoms with Crippen LogP contribution in [0.15, 0.2) is 22.1 Å². The quantitative estimate of drug-likeness (QED) is 0.721. The first-order valence-corrected chi connectivity index (χ1v) is 5.13. The Kier molecular flexibility index (Phi) is 5.99. The Morgan fingerprint density at radius 2 is 1.92 bits per heavy atom. The molecule has 0 saturated carbocycles. The van der Waals surface area contributed by atoms with E-state index in [1.54, 1.807) is 11.8 Å². The average molecular weight is 185 g/mol. The van der Waals surface area contributed by atoms with Crippen LogP contribution in [0, 0.1) is 5.92 Å². The number of hydrogen-bond donors (Lipinski definition) is 1. The van der Waals surface area contributed by atoms with Crippen molar-refractivity contribution in [3.63, 3.8) is 0 Å². The van der Waals surface area contributed by atoms with E-state index in [1.165, 1.54) is 10.5 Å². The second kappa shape index (κ2) is 6.18. The summed E-state index contributed by atoms with van der Waals surface area (Å²) in [5.41, 5.74) is 1.35. The monoisotopic (exact) mass is 185 g/mol. The summed E-state index contributed by atoms with van der Waals surface area (Å²) in [6, 6.07) is 0. The molecule has 1 N–H and O–H groups in total. The molecule has 0 amide bonds. The van der Waals surface area contributed by atoms with Gasteiger partial charge in [0.25, 0.3) is 0 Å². The third-order valence-electron chi connectivity index (χ3n) is 1.29. The van der Waals surface area contributed by atoms with Crippen LogP contribution >= 0.6 is 11.8 Å². The largest absolute Gasteiger partial charge is 0.393 e. The minimum atomic E-state index is 0.595. The maximum atomic E-state index is 3.06. The Balaban J connectivity index is 4.16. The van der Waals surface area contributed by atoms with Crippen molar-refractivity contribution in [1.82, 2.24) is 5.32 Å². The van der Waals surface area contributed by atoms with E-state index in [-0.39, 0.29) is 0 Å². The van der Waals surface area contributed by atoms with E-state index in [0.29, 0.717) is 5.92 Å². The van der Waals surface area contributed by atoms with E-state index in [0.717, 1.165) is 0 Å². The van der Waals surface area contributed by atoms with Gasteiger partial charge in [-0.05, 0) is 25.2 Å². The molecule has 0 radical (unpaired) electrons. The zero-order valence-electron chi connectivity index (χ0n) is 8.64. The van der Waals surface area contributed by atoms with Gasteiger partial charge in [0, 0.05) is 18.2 Å². The topological polar surface area (TPSA) is 12.0 Å². The molecule has 0 heterocycles. The zero-order valence-corrected chi connectivity index (χ0v) is 9.46. The predicted octanol–water partition coefficient (Wildman–Crippen LogP) is 3.36. The first-order chi connectivity index (χ1) is 5.57. The molecular formula is C10H19NS. The molecule has 2 heteroatoms. The van der Waals surface area contributed by atoms with E-state index in [2.05, 4.69) is 44.6 Å². The van der Waals surface area contributed by atoms with E-state index in [1.807, 2.05) is 7.05 Å². The van der Waals surface area contributed by atoms with Crippen molar-refractivity contribution in [2.75, 3.05) is 7.05 Å².